The van der Waals surface area contributed by atoms with E-state index in [-0.39, 0.29) is 48.8 Å². The van der Waals surface area contributed by atoms with Gasteiger partial charge in [0.2, 0.25) is 16.9 Å². The van der Waals surface area contributed by atoms with Crippen molar-refractivity contribution >= 4 is 75.0 Å². The van der Waals surface area contributed by atoms with Gasteiger partial charge >= 0.3 is 23.5 Å². The summed E-state index contributed by atoms with van der Waals surface area (Å²) in [6.45, 7) is 1.93. The number of nitrogens with one attached hydrogen (secondary N) is 3. The molecule has 0 saturated carbocycles. The third-order valence-electron chi connectivity index (χ3n) is 8.10. The van der Waals surface area contributed by atoms with Gasteiger partial charge in [-0.1, -0.05) is 32.5 Å². The van der Waals surface area contributed by atoms with Crippen LogP contribution in [-0.4, -0.2) is 158 Å². The fourth-order valence-corrected chi connectivity index (χ4v) is 8.53. The molecule has 0 radical (unpaired) electrons. The van der Waals surface area contributed by atoms with Crippen LogP contribution < -0.4 is 21.7 Å². The van der Waals surface area contributed by atoms with Crippen molar-refractivity contribution < 1.29 is 95.5 Å². The number of carbonyl (C=O) groups is 4. The number of amides is 3. The van der Waals surface area contributed by atoms with Gasteiger partial charge < -0.3 is 66.4 Å². The number of rotatable bonds is 24. The van der Waals surface area contributed by atoms with Crippen LogP contribution >= 0.6 is 35.2 Å². The normalized spacial score (nSPS) is 22.0. The van der Waals surface area contributed by atoms with E-state index in [0.29, 0.717) is 18.2 Å². The second kappa shape index (κ2) is 21.8. The van der Waals surface area contributed by atoms with Crippen LogP contribution in [0.25, 0.3) is 11.2 Å². The lowest BCUT2D eigenvalue weighted by Gasteiger charge is -2.30. The number of anilines is 1. The molecule has 340 valence electrons. The third-order valence-corrected chi connectivity index (χ3v) is 12.1. The molecule has 2 aromatic heterocycles. The number of carbonyl (C=O) groups excluding carboxylic acids is 4. The lowest BCUT2D eigenvalue weighted by atomic mass is 9.87. The fourth-order valence-electron chi connectivity index (χ4n) is 4.99. The molecular weight excluding hydrogens is 893 g/mol. The SMILES string of the molecule is CCCNC(=O)C(O)C(O)C(=O)SCCNC(=O)CCNC(=O)C(O)C(C)(C)COP(=O)(O)OP(=O)(O)OCC1OC(n2cnc3c(N)ncnc32)C(O)C1OP(=O)(O)O. The Morgan fingerprint density at radius 1 is 0.950 bits per heavy atom. The van der Waals surface area contributed by atoms with Crippen molar-refractivity contribution in [1.82, 2.24) is 35.5 Å². The highest BCUT2D eigenvalue weighted by Crippen LogP contribution is 2.61. The van der Waals surface area contributed by atoms with Gasteiger partial charge in [0.15, 0.2) is 29.9 Å². The quantitative estimate of drug-likeness (QED) is 0.0367. The number of hydrogen-bond acceptors (Lipinski definition) is 21. The number of aliphatic hydroxyl groups excluding tert-OH is 4. The Bertz CT molecular complexity index is 1970. The molecule has 1 fully saturated rings. The zero-order chi connectivity index (χ0) is 45.2. The summed E-state index contributed by atoms with van der Waals surface area (Å²) in [7, 11) is -16.5. The van der Waals surface area contributed by atoms with Crippen molar-refractivity contribution in [3.8, 4) is 0 Å². The molecule has 0 aliphatic carbocycles. The molecule has 0 bridgehead atoms. The molecule has 9 atom stereocenters. The molecular formula is C28H47N8O20P3S. The highest BCUT2D eigenvalue weighted by Gasteiger charge is 2.50. The molecule has 2 aromatic rings. The first-order valence-electron chi connectivity index (χ1n) is 17.5. The average molecular weight is 941 g/mol. The number of imidazole rings is 1. The predicted molar refractivity (Wildman–Crippen MR) is 202 cm³/mol. The van der Waals surface area contributed by atoms with Crippen LogP contribution in [0.15, 0.2) is 12.7 Å². The number of aromatic nitrogens is 4. The number of aliphatic hydroxyl groups is 4. The van der Waals surface area contributed by atoms with Gasteiger partial charge in [-0.2, -0.15) is 4.31 Å². The van der Waals surface area contributed by atoms with Crippen LogP contribution in [-0.2, 0) is 55.5 Å². The van der Waals surface area contributed by atoms with E-state index in [2.05, 4.69) is 39.7 Å². The van der Waals surface area contributed by atoms with Crippen LogP contribution in [0.1, 0.15) is 39.8 Å². The summed E-state index contributed by atoms with van der Waals surface area (Å²) in [5.41, 5.74) is 4.16. The summed E-state index contributed by atoms with van der Waals surface area (Å²) >= 11 is 0.558. The molecule has 3 amide bonds. The Morgan fingerprint density at radius 3 is 2.25 bits per heavy atom. The van der Waals surface area contributed by atoms with Gasteiger partial charge in [-0.3, -0.25) is 37.3 Å². The molecule has 0 aromatic carbocycles. The summed E-state index contributed by atoms with van der Waals surface area (Å²) in [6, 6.07) is 0. The third kappa shape index (κ3) is 15.1. The van der Waals surface area contributed by atoms with Crippen LogP contribution in [0, 0.1) is 5.41 Å². The Labute approximate surface area is 344 Å². The first kappa shape index (κ1) is 51.3. The van der Waals surface area contributed by atoms with E-state index in [1.165, 1.54) is 13.8 Å². The van der Waals surface area contributed by atoms with E-state index >= 15 is 0 Å². The number of phosphoric acid groups is 3. The molecule has 28 nitrogen and oxygen atoms in total. The first-order chi connectivity index (χ1) is 27.8. The van der Waals surface area contributed by atoms with Crippen molar-refractivity contribution in [3.63, 3.8) is 0 Å². The lowest BCUT2D eigenvalue weighted by Crippen LogP contribution is -2.46. The zero-order valence-corrected chi connectivity index (χ0v) is 35.4. The number of ether oxygens (including phenoxy) is 1. The van der Waals surface area contributed by atoms with E-state index in [0.717, 1.165) is 17.2 Å². The molecule has 3 heterocycles. The standard InChI is InChI=1S/C28H47N8O20P3S/c1-4-6-31-24(42)17(38)18(39)27(44)60-9-8-30-15(37)5-7-32-25(43)21(41)28(2,3)11-53-59(50,51)56-58(48,49)52-10-14-20(55-57(45,46)47)19(40)26(54-14)36-13-35-16-22(29)33-12-34-23(16)36/h12-14,17-21,26,38-41H,4-11H2,1-3H3,(H,30,37)(H,31,42)(H,32,43)(H,48,49)(H,50,51)(H2,29,33,34)(H2,45,46,47). The maximum Gasteiger partial charge on any atom is 0.481 e. The number of nitrogens with two attached hydrogens (primary N) is 1. The van der Waals surface area contributed by atoms with Gasteiger partial charge in [-0.15, -0.1) is 0 Å². The van der Waals surface area contributed by atoms with Gasteiger partial charge in [0, 0.05) is 37.2 Å². The van der Waals surface area contributed by atoms with Crippen molar-refractivity contribution in [2.24, 2.45) is 5.41 Å². The maximum absolute atomic E-state index is 12.7. The summed E-state index contributed by atoms with van der Waals surface area (Å²) in [5.74, 6) is -2.66. The highest BCUT2D eigenvalue weighted by molar-refractivity contribution is 8.13. The molecule has 32 heteroatoms. The van der Waals surface area contributed by atoms with Crippen LogP contribution in [0.5, 0.6) is 0 Å². The summed E-state index contributed by atoms with van der Waals surface area (Å²) < 4.78 is 62.0. The van der Waals surface area contributed by atoms with Gasteiger partial charge in [0.25, 0.3) is 5.91 Å². The summed E-state index contributed by atoms with van der Waals surface area (Å²) in [5, 5.41) is 47.2. The Morgan fingerprint density at radius 2 is 1.60 bits per heavy atom. The monoisotopic (exact) mass is 940 g/mol. The van der Waals surface area contributed by atoms with Crippen molar-refractivity contribution in [2.45, 2.75) is 76.5 Å². The number of phosphoric ester groups is 3. The number of nitrogen functional groups attached to an aromatic ring is 1. The number of hydrogen-bond donors (Lipinski definition) is 12. The van der Waals surface area contributed by atoms with E-state index in [1.807, 2.05) is 0 Å². The van der Waals surface area contributed by atoms with Gasteiger partial charge in [0.1, 0.15) is 36.3 Å². The number of thioether (sulfide) groups is 1. The fraction of sp³-hybridized carbons (Fsp3) is 0.679. The molecule has 3 rings (SSSR count). The van der Waals surface area contributed by atoms with E-state index in [1.54, 1.807) is 6.92 Å². The van der Waals surface area contributed by atoms with Gasteiger partial charge in [-0.25, -0.2) is 28.6 Å². The van der Waals surface area contributed by atoms with Crippen molar-refractivity contribution in [2.75, 3.05) is 44.3 Å². The smallest absolute Gasteiger partial charge is 0.386 e. The second-order valence-electron chi connectivity index (χ2n) is 13.4. The van der Waals surface area contributed by atoms with Gasteiger partial charge in [0.05, 0.1) is 19.5 Å². The van der Waals surface area contributed by atoms with Crippen LogP contribution in [0.4, 0.5) is 5.82 Å². The minimum atomic E-state index is -5.61. The molecule has 1 aliphatic rings. The Hall–Kier alpha value is -3.05. The van der Waals surface area contributed by atoms with E-state index < -0.39 is 108 Å². The molecule has 9 unspecified atom stereocenters. The second-order valence-corrected chi connectivity index (χ2v) is 18.8. The van der Waals surface area contributed by atoms with Crippen LogP contribution in [0.3, 0.4) is 0 Å². The largest absolute Gasteiger partial charge is 0.481 e. The predicted octanol–water partition coefficient (Wildman–Crippen LogP) is -3.09. The van der Waals surface area contributed by atoms with Crippen LogP contribution in [0.2, 0.25) is 0 Å². The summed E-state index contributed by atoms with van der Waals surface area (Å²) in [6.07, 6.45) is -10.6. The molecule has 0 spiro atoms. The zero-order valence-electron chi connectivity index (χ0n) is 31.9. The highest BCUT2D eigenvalue weighted by atomic mass is 32.2. The van der Waals surface area contributed by atoms with E-state index in [9.17, 15) is 72.9 Å². The average Bonchev–Trinajstić information content (AvgIpc) is 3.72. The minimum Gasteiger partial charge on any atom is -0.386 e. The Balaban J connectivity index is 1.45. The Kier molecular flexibility index (Phi) is 18.7. The van der Waals surface area contributed by atoms with Gasteiger partial charge in [-0.05, 0) is 6.42 Å². The first-order valence-corrected chi connectivity index (χ1v) is 23.0. The molecule has 1 saturated heterocycles. The number of nitrogens with zero attached hydrogens (tertiary/aromatic N) is 4. The minimum absolute atomic E-state index is 0.0124. The molecule has 1 aliphatic heterocycles. The number of fused-ring (bicyclic) bond motifs is 1. The lowest BCUT2D eigenvalue weighted by molar-refractivity contribution is -0.140. The molecule has 60 heavy (non-hydrogen) atoms. The van der Waals surface area contributed by atoms with Crippen molar-refractivity contribution in [3.05, 3.63) is 12.7 Å². The summed E-state index contributed by atoms with van der Waals surface area (Å²) in [4.78, 5) is 99.4. The topological polar surface area (TPSA) is 433 Å². The molecule has 13 N–H and O–H groups in total. The van der Waals surface area contributed by atoms with E-state index in [4.69, 9.17) is 19.5 Å². The van der Waals surface area contributed by atoms with Crippen molar-refractivity contribution in [1.29, 1.82) is 0 Å². The maximum atomic E-state index is 12.7.